The zero-order valence-electron chi connectivity index (χ0n) is 9.78. The molecular formula is C13H11NO4S. The van der Waals surface area contributed by atoms with Crippen LogP contribution in [0, 0.1) is 0 Å². The van der Waals surface area contributed by atoms with Crippen molar-refractivity contribution in [3.05, 3.63) is 54.1 Å². The minimum Gasteiger partial charge on any atom is -0.478 e. The maximum atomic E-state index is 11.5. The average molecular weight is 277 g/mol. The van der Waals surface area contributed by atoms with Gasteiger partial charge in [0.25, 0.3) is 0 Å². The molecule has 0 aliphatic heterocycles. The van der Waals surface area contributed by atoms with Crippen molar-refractivity contribution in [1.29, 1.82) is 0 Å². The molecular weight excluding hydrogens is 266 g/mol. The average Bonchev–Trinajstić information content (AvgIpc) is 2.38. The third kappa shape index (κ3) is 2.81. The Labute approximate surface area is 110 Å². The van der Waals surface area contributed by atoms with Gasteiger partial charge in [-0.15, -0.1) is 0 Å². The van der Waals surface area contributed by atoms with Crippen LogP contribution in [0.15, 0.2) is 53.4 Å². The van der Waals surface area contributed by atoms with Crippen LogP contribution in [-0.4, -0.2) is 19.5 Å². The summed E-state index contributed by atoms with van der Waals surface area (Å²) >= 11 is 0. The molecule has 0 heterocycles. The summed E-state index contributed by atoms with van der Waals surface area (Å²) in [7, 11) is -3.82. The highest BCUT2D eigenvalue weighted by atomic mass is 32.2. The van der Waals surface area contributed by atoms with Crippen molar-refractivity contribution in [2.45, 2.75) is 4.90 Å². The lowest BCUT2D eigenvalue weighted by Gasteiger charge is -2.07. The van der Waals surface area contributed by atoms with Crippen LogP contribution in [0.2, 0.25) is 0 Å². The molecule has 0 radical (unpaired) electrons. The number of hydrogen-bond donors (Lipinski definition) is 2. The highest BCUT2D eigenvalue weighted by Crippen LogP contribution is 2.26. The van der Waals surface area contributed by atoms with Gasteiger partial charge in [0.15, 0.2) is 0 Å². The fraction of sp³-hybridized carbons (Fsp3) is 0. The van der Waals surface area contributed by atoms with Crippen molar-refractivity contribution >= 4 is 16.0 Å². The van der Waals surface area contributed by atoms with Crippen LogP contribution in [0.3, 0.4) is 0 Å². The summed E-state index contributed by atoms with van der Waals surface area (Å²) in [6.45, 7) is 0. The molecule has 0 aliphatic carbocycles. The van der Waals surface area contributed by atoms with E-state index in [0.717, 1.165) is 0 Å². The minimum atomic E-state index is -3.82. The molecule has 0 atom stereocenters. The number of carboxylic acid groups (broad SMARTS) is 1. The summed E-state index contributed by atoms with van der Waals surface area (Å²) in [5, 5.41) is 14.0. The molecule has 2 aromatic carbocycles. The molecule has 3 N–H and O–H groups in total. The Morgan fingerprint density at radius 2 is 1.58 bits per heavy atom. The van der Waals surface area contributed by atoms with Crippen LogP contribution in [0.25, 0.3) is 11.1 Å². The Hall–Kier alpha value is -2.18. The van der Waals surface area contributed by atoms with E-state index in [1.54, 1.807) is 30.3 Å². The number of carboxylic acids is 1. The van der Waals surface area contributed by atoms with Gasteiger partial charge < -0.3 is 5.11 Å². The van der Waals surface area contributed by atoms with Crippen molar-refractivity contribution in [2.24, 2.45) is 5.14 Å². The number of primary sulfonamides is 1. The second kappa shape index (κ2) is 4.83. The van der Waals surface area contributed by atoms with Gasteiger partial charge in [-0.1, -0.05) is 30.3 Å². The van der Waals surface area contributed by atoms with Crippen molar-refractivity contribution in [2.75, 3.05) is 0 Å². The normalized spacial score (nSPS) is 11.2. The summed E-state index contributed by atoms with van der Waals surface area (Å²) < 4.78 is 23.0. The van der Waals surface area contributed by atoms with Crippen LogP contribution in [0.4, 0.5) is 0 Å². The molecule has 5 nitrogen and oxygen atoms in total. The Balaban J connectivity index is 2.57. The Kier molecular flexibility index (Phi) is 3.37. The van der Waals surface area contributed by atoms with Crippen molar-refractivity contribution in [1.82, 2.24) is 0 Å². The fourth-order valence-electron chi connectivity index (χ4n) is 1.75. The van der Waals surface area contributed by atoms with E-state index in [1.165, 1.54) is 18.2 Å². The van der Waals surface area contributed by atoms with Crippen molar-refractivity contribution in [3.8, 4) is 11.1 Å². The number of carbonyl (C=O) groups is 1. The maximum absolute atomic E-state index is 11.5. The van der Waals surface area contributed by atoms with Gasteiger partial charge in [-0.05, 0) is 23.8 Å². The molecule has 2 rings (SSSR count). The lowest BCUT2D eigenvalue weighted by atomic mass is 10.0. The lowest BCUT2D eigenvalue weighted by molar-refractivity contribution is 0.0697. The highest BCUT2D eigenvalue weighted by Gasteiger charge is 2.14. The number of nitrogens with two attached hydrogens (primary N) is 1. The van der Waals surface area contributed by atoms with Gasteiger partial charge in [0, 0.05) is 5.56 Å². The molecule has 98 valence electrons. The number of aromatic carboxylic acids is 1. The van der Waals surface area contributed by atoms with Gasteiger partial charge in [0.05, 0.1) is 10.5 Å². The Bertz CT molecular complexity index is 721. The maximum Gasteiger partial charge on any atom is 0.335 e. The number of hydrogen-bond acceptors (Lipinski definition) is 3. The number of benzene rings is 2. The van der Waals surface area contributed by atoms with Gasteiger partial charge in [-0.3, -0.25) is 0 Å². The largest absolute Gasteiger partial charge is 0.478 e. The van der Waals surface area contributed by atoms with Gasteiger partial charge in [-0.25, -0.2) is 18.4 Å². The Morgan fingerprint density at radius 3 is 2.11 bits per heavy atom. The quantitative estimate of drug-likeness (QED) is 0.892. The van der Waals surface area contributed by atoms with Crippen LogP contribution in [-0.2, 0) is 10.0 Å². The summed E-state index contributed by atoms with van der Waals surface area (Å²) in [5.41, 5.74) is 1.17. The van der Waals surface area contributed by atoms with E-state index in [-0.39, 0.29) is 10.5 Å². The first-order valence-corrected chi connectivity index (χ1v) is 6.90. The zero-order valence-corrected chi connectivity index (χ0v) is 10.6. The second-order valence-corrected chi connectivity index (χ2v) is 5.45. The summed E-state index contributed by atoms with van der Waals surface area (Å²) in [4.78, 5) is 10.8. The molecule has 19 heavy (non-hydrogen) atoms. The van der Waals surface area contributed by atoms with Gasteiger partial charge >= 0.3 is 5.97 Å². The smallest absolute Gasteiger partial charge is 0.335 e. The predicted molar refractivity (Wildman–Crippen MR) is 70.2 cm³/mol. The van der Waals surface area contributed by atoms with Gasteiger partial charge in [0.2, 0.25) is 10.0 Å². The lowest BCUT2D eigenvalue weighted by Crippen LogP contribution is -2.13. The first-order valence-electron chi connectivity index (χ1n) is 5.35. The molecule has 0 fully saturated rings. The molecule has 0 amide bonds. The Morgan fingerprint density at radius 1 is 1.00 bits per heavy atom. The van der Waals surface area contributed by atoms with E-state index in [4.69, 9.17) is 10.2 Å². The van der Waals surface area contributed by atoms with Gasteiger partial charge in [0.1, 0.15) is 0 Å². The van der Waals surface area contributed by atoms with E-state index in [2.05, 4.69) is 0 Å². The van der Waals surface area contributed by atoms with E-state index in [1.807, 2.05) is 0 Å². The molecule has 0 saturated heterocycles. The van der Waals surface area contributed by atoms with Crippen molar-refractivity contribution in [3.63, 3.8) is 0 Å². The fourth-order valence-corrected chi connectivity index (χ4v) is 2.51. The molecule has 6 heteroatoms. The summed E-state index contributed by atoms with van der Waals surface area (Å²) in [6, 6.07) is 12.2. The van der Waals surface area contributed by atoms with Crippen LogP contribution < -0.4 is 5.14 Å². The molecule has 0 aliphatic rings. The molecule has 0 unspecified atom stereocenters. The molecule has 0 spiro atoms. The molecule has 2 aromatic rings. The van der Waals surface area contributed by atoms with Crippen LogP contribution in [0.5, 0.6) is 0 Å². The van der Waals surface area contributed by atoms with Crippen LogP contribution >= 0.6 is 0 Å². The second-order valence-electron chi connectivity index (χ2n) is 3.92. The third-order valence-electron chi connectivity index (χ3n) is 2.64. The van der Waals surface area contributed by atoms with Gasteiger partial charge in [-0.2, -0.15) is 0 Å². The monoisotopic (exact) mass is 277 g/mol. The van der Waals surface area contributed by atoms with Crippen LogP contribution in [0.1, 0.15) is 10.4 Å². The molecule has 0 saturated carbocycles. The minimum absolute atomic E-state index is 0.0121. The number of rotatable bonds is 3. The van der Waals surface area contributed by atoms with E-state index in [9.17, 15) is 13.2 Å². The summed E-state index contributed by atoms with van der Waals surface area (Å²) in [6.07, 6.45) is 0. The van der Waals surface area contributed by atoms with E-state index < -0.39 is 16.0 Å². The van der Waals surface area contributed by atoms with Crippen molar-refractivity contribution < 1.29 is 18.3 Å². The summed E-state index contributed by atoms with van der Waals surface area (Å²) in [5.74, 6) is -1.04. The molecule has 0 bridgehead atoms. The van der Waals surface area contributed by atoms with E-state index in [0.29, 0.717) is 11.1 Å². The highest BCUT2D eigenvalue weighted by molar-refractivity contribution is 7.89. The topological polar surface area (TPSA) is 97.5 Å². The SMILES string of the molecule is NS(=O)(=O)c1ccccc1-c1ccc(C(=O)O)cc1. The zero-order chi connectivity index (χ0) is 14.0. The first kappa shape index (κ1) is 13.3. The predicted octanol–water partition coefficient (Wildman–Crippen LogP) is 1.70. The first-order chi connectivity index (χ1) is 8.89. The third-order valence-corrected chi connectivity index (χ3v) is 3.61. The standard InChI is InChI=1S/C13H11NO4S/c14-19(17,18)12-4-2-1-3-11(12)9-5-7-10(8-6-9)13(15)16/h1-8H,(H,15,16)(H2,14,17,18). The molecule has 0 aromatic heterocycles. The van der Waals surface area contributed by atoms with E-state index >= 15 is 0 Å². The number of sulfonamides is 1.